The number of aliphatic hydroxyl groups is 1. The van der Waals surface area contributed by atoms with Gasteiger partial charge in [0.05, 0.1) is 0 Å². The van der Waals surface area contributed by atoms with Gasteiger partial charge in [-0.3, -0.25) is 4.79 Å². The fourth-order valence-corrected chi connectivity index (χ4v) is 0.673. The van der Waals surface area contributed by atoms with Crippen molar-refractivity contribution < 1.29 is 19.8 Å². The van der Waals surface area contributed by atoms with Gasteiger partial charge in [-0.15, -0.1) is 0 Å². The summed E-state index contributed by atoms with van der Waals surface area (Å²) in [5.74, 6) is -1.88. The molecule has 0 aliphatic rings. The monoisotopic (exact) mass is 179 g/mol. The fourth-order valence-electron chi connectivity index (χ4n) is 0.425. The quantitative estimate of drug-likeness (QED) is 0.395. The van der Waals surface area contributed by atoms with Gasteiger partial charge in [-0.1, -0.05) is 0 Å². The zero-order valence-corrected chi connectivity index (χ0v) is 6.54. The molecule has 0 aromatic heterocycles. The van der Waals surface area contributed by atoms with E-state index in [1.54, 1.807) is 0 Å². The van der Waals surface area contributed by atoms with Crippen molar-refractivity contribution in [3.63, 3.8) is 0 Å². The molecule has 0 aliphatic heterocycles. The average molecular weight is 179 g/mol. The minimum absolute atomic E-state index is 0.00106. The Bertz CT molecular complexity index is 161. The summed E-state index contributed by atoms with van der Waals surface area (Å²) >= 11 is 3.69. The minimum atomic E-state index is -1.16. The van der Waals surface area contributed by atoms with Crippen LogP contribution in [0.5, 0.6) is 0 Å². The van der Waals surface area contributed by atoms with Crippen LogP contribution in [0.1, 0.15) is 0 Å². The van der Waals surface area contributed by atoms with Gasteiger partial charge in [0.1, 0.15) is 12.6 Å². The van der Waals surface area contributed by atoms with E-state index in [4.69, 9.17) is 10.2 Å². The predicted molar refractivity (Wildman–Crippen MR) is 40.5 cm³/mol. The fraction of sp³-hybridized carbons (Fsp3) is 0.600. The molecule has 0 aromatic carbocycles. The molecule has 0 heterocycles. The van der Waals surface area contributed by atoms with Crippen molar-refractivity contribution in [3.05, 3.63) is 0 Å². The summed E-state index contributed by atoms with van der Waals surface area (Å²) < 4.78 is 0. The van der Waals surface area contributed by atoms with Crippen LogP contribution in [0.25, 0.3) is 0 Å². The second-order valence-corrected chi connectivity index (χ2v) is 2.16. The molecule has 1 amide bonds. The molecule has 0 rings (SSSR count). The maximum Gasteiger partial charge on any atom is 0.327 e. The highest BCUT2D eigenvalue weighted by Crippen LogP contribution is 1.87. The molecular formula is C5H9NO4S. The van der Waals surface area contributed by atoms with E-state index in [9.17, 15) is 9.59 Å². The summed E-state index contributed by atoms with van der Waals surface area (Å²) in [6, 6.07) is -1.03. The van der Waals surface area contributed by atoms with Crippen LogP contribution in [0.15, 0.2) is 0 Å². The number of aliphatic hydroxyl groups excluding tert-OH is 1. The second-order valence-electron chi connectivity index (χ2n) is 1.80. The van der Waals surface area contributed by atoms with Crippen LogP contribution in [-0.4, -0.2) is 40.5 Å². The predicted octanol–water partition coefficient (Wildman–Crippen LogP) is -1.52. The summed E-state index contributed by atoms with van der Waals surface area (Å²) in [5, 5.41) is 18.7. The van der Waals surface area contributed by atoms with Gasteiger partial charge in [0.25, 0.3) is 0 Å². The zero-order chi connectivity index (χ0) is 8.85. The SMILES string of the molecule is O=C(CO)NC(CS)C(=O)O. The van der Waals surface area contributed by atoms with E-state index < -0.39 is 24.5 Å². The molecule has 1 atom stereocenters. The molecule has 0 bridgehead atoms. The standard InChI is InChI=1S/C5H9NO4S/c7-1-4(8)6-3(2-11)5(9)10/h3,7,11H,1-2H2,(H,6,8)(H,9,10). The smallest absolute Gasteiger partial charge is 0.327 e. The van der Waals surface area contributed by atoms with Crippen LogP contribution in [-0.2, 0) is 9.59 Å². The van der Waals surface area contributed by atoms with Crippen molar-refractivity contribution >= 4 is 24.5 Å². The first-order valence-corrected chi connectivity index (χ1v) is 3.49. The highest BCUT2D eigenvalue weighted by molar-refractivity contribution is 7.80. The molecule has 0 radical (unpaired) electrons. The van der Waals surface area contributed by atoms with Crippen LogP contribution in [0.4, 0.5) is 0 Å². The molecular weight excluding hydrogens is 170 g/mol. The van der Waals surface area contributed by atoms with Gasteiger partial charge in [-0.25, -0.2) is 4.79 Å². The number of carboxylic acids is 1. The molecule has 0 saturated heterocycles. The van der Waals surface area contributed by atoms with E-state index in [-0.39, 0.29) is 5.75 Å². The molecule has 0 aromatic rings. The van der Waals surface area contributed by atoms with E-state index in [0.29, 0.717) is 0 Å². The van der Waals surface area contributed by atoms with Crippen LogP contribution < -0.4 is 5.32 Å². The molecule has 0 saturated carbocycles. The summed E-state index contributed by atoms with van der Waals surface area (Å²) in [5.41, 5.74) is 0. The third-order valence-corrected chi connectivity index (χ3v) is 1.32. The first-order chi connectivity index (χ1) is 5.11. The number of carbonyl (C=O) groups excluding carboxylic acids is 1. The summed E-state index contributed by atoms with van der Waals surface area (Å²) in [6.45, 7) is -0.711. The zero-order valence-electron chi connectivity index (χ0n) is 5.65. The van der Waals surface area contributed by atoms with Gasteiger partial charge in [-0.05, 0) is 0 Å². The van der Waals surface area contributed by atoms with Crippen LogP contribution in [0, 0.1) is 0 Å². The van der Waals surface area contributed by atoms with Gasteiger partial charge in [0, 0.05) is 5.75 Å². The highest BCUT2D eigenvalue weighted by atomic mass is 32.1. The van der Waals surface area contributed by atoms with Gasteiger partial charge in [0.2, 0.25) is 5.91 Å². The number of amides is 1. The summed E-state index contributed by atoms with van der Waals surface area (Å²) in [4.78, 5) is 20.7. The van der Waals surface area contributed by atoms with Crippen molar-refractivity contribution in [2.24, 2.45) is 0 Å². The number of hydrogen-bond donors (Lipinski definition) is 4. The number of hydrogen-bond acceptors (Lipinski definition) is 4. The third kappa shape index (κ3) is 3.84. The Hall–Kier alpha value is -0.750. The minimum Gasteiger partial charge on any atom is -0.480 e. The molecule has 3 N–H and O–H groups in total. The maximum atomic E-state index is 10.4. The van der Waals surface area contributed by atoms with Crippen molar-refractivity contribution in [3.8, 4) is 0 Å². The molecule has 0 fully saturated rings. The van der Waals surface area contributed by atoms with Crippen molar-refractivity contribution in [2.75, 3.05) is 12.4 Å². The number of nitrogens with one attached hydrogen (secondary N) is 1. The lowest BCUT2D eigenvalue weighted by Gasteiger charge is -2.09. The molecule has 11 heavy (non-hydrogen) atoms. The van der Waals surface area contributed by atoms with Crippen LogP contribution in [0.3, 0.4) is 0 Å². The van der Waals surface area contributed by atoms with E-state index in [2.05, 4.69) is 17.9 Å². The lowest BCUT2D eigenvalue weighted by molar-refractivity contribution is -0.141. The molecule has 1 unspecified atom stereocenters. The average Bonchev–Trinajstić information content (AvgIpc) is 1.99. The Morgan fingerprint density at radius 3 is 2.36 bits per heavy atom. The number of thiol groups is 1. The largest absolute Gasteiger partial charge is 0.480 e. The Morgan fingerprint density at radius 1 is 1.55 bits per heavy atom. The lowest BCUT2D eigenvalue weighted by Crippen LogP contribution is -2.43. The van der Waals surface area contributed by atoms with E-state index in [1.165, 1.54) is 0 Å². The normalized spacial score (nSPS) is 12.2. The van der Waals surface area contributed by atoms with Gasteiger partial charge in [0.15, 0.2) is 0 Å². The Morgan fingerprint density at radius 2 is 2.09 bits per heavy atom. The molecule has 0 aliphatic carbocycles. The number of aliphatic carboxylic acids is 1. The van der Waals surface area contributed by atoms with Crippen LogP contribution in [0.2, 0.25) is 0 Å². The number of carbonyl (C=O) groups is 2. The van der Waals surface area contributed by atoms with E-state index in [0.717, 1.165) is 0 Å². The Balaban J connectivity index is 3.88. The Kier molecular flexibility index (Phi) is 4.64. The van der Waals surface area contributed by atoms with Crippen LogP contribution >= 0.6 is 12.6 Å². The molecule has 0 spiro atoms. The van der Waals surface area contributed by atoms with Crippen molar-refractivity contribution in [1.82, 2.24) is 5.32 Å². The van der Waals surface area contributed by atoms with Gasteiger partial charge < -0.3 is 15.5 Å². The molecule has 5 nitrogen and oxygen atoms in total. The van der Waals surface area contributed by atoms with Crippen molar-refractivity contribution in [2.45, 2.75) is 6.04 Å². The van der Waals surface area contributed by atoms with E-state index in [1.807, 2.05) is 0 Å². The highest BCUT2D eigenvalue weighted by Gasteiger charge is 2.16. The second kappa shape index (κ2) is 4.97. The topological polar surface area (TPSA) is 86.6 Å². The molecule has 6 heteroatoms. The summed E-state index contributed by atoms with van der Waals surface area (Å²) in [7, 11) is 0. The van der Waals surface area contributed by atoms with Gasteiger partial charge in [-0.2, -0.15) is 12.6 Å². The van der Waals surface area contributed by atoms with Crippen molar-refractivity contribution in [1.29, 1.82) is 0 Å². The number of carboxylic acid groups (broad SMARTS) is 1. The third-order valence-electron chi connectivity index (χ3n) is 0.959. The molecule has 64 valence electrons. The first-order valence-electron chi connectivity index (χ1n) is 2.85. The summed E-state index contributed by atoms with van der Waals surface area (Å²) in [6.07, 6.45) is 0. The van der Waals surface area contributed by atoms with Gasteiger partial charge >= 0.3 is 5.97 Å². The number of rotatable bonds is 4. The first kappa shape index (κ1) is 10.2. The van der Waals surface area contributed by atoms with E-state index >= 15 is 0 Å². The lowest BCUT2D eigenvalue weighted by atomic mass is 10.3. The Labute approximate surface area is 68.8 Å². The maximum absolute atomic E-state index is 10.4.